The maximum absolute atomic E-state index is 11.4. The van der Waals surface area contributed by atoms with Crippen molar-refractivity contribution in [1.29, 1.82) is 0 Å². The van der Waals surface area contributed by atoms with Crippen molar-refractivity contribution in [1.82, 2.24) is 0 Å². The number of carbonyl (C=O) groups is 2. The number of ketones is 2. The minimum Gasteiger partial charge on any atom is -0.370 e. The molecule has 72 valence electrons. The second-order valence-electron chi connectivity index (χ2n) is 3.03. The molecule has 0 aromatic carbocycles. The topological polar surface area (TPSA) is 52.6 Å². The maximum atomic E-state index is 11.4. The van der Waals surface area contributed by atoms with Gasteiger partial charge >= 0.3 is 0 Å². The largest absolute Gasteiger partial charge is 0.370 e. The molecule has 2 atom stereocenters. The molecule has 0 amide bonds. The fourth-order valence-electron chi connectivity index (χ4n) is 1.36. The monoisotopic (exact) mass is 184 g/mol. The number of hydrogen-bond acceptors (Lipinski definition) is 4. The average molecular weight is 184 g/mol. The molecule has 0 N–H and O–H groups in total. The van der Waals surface area contributed by atoms with Crippen LogP contribution < -0.4 is 0 Å². The number of rotatable bonds is 2. The fourth-order valence-corrected chi connectivity index (χ4v) is 1.36. The Morgan fingerprint density at radius 2 is 1.92 bits per heavy atom. The molecule has 0 saturated carbocycles. The number of carbonyl (C=O) groups excluding carboxylic acids is 2. The van der Waals surface area contributed by atoms with Gasteiger partial charge in [-0.25, -0.2) is 0 Å². The first-order valence-electron chi connectivity index (χ1n) is 3.90. The van der Waals surface area contributed by atoms with Gasteiger partial charge in [0, 0.05) is 14.2 Å². The van der Waals surface area contributed by atoms with Crippen molar-refractivity contribution >= 4 is 11.6 Å². The second kappa shape index (κ2) is 3.40. The summed E-state index contributed by atoms with van der Waals surface area (Å²) in [4.78, 5) is 22.7. The summed E-state index contributed by atoms with van der Waals surface area (Å²) < 4.78 is 9.95. The zero-order valence-electron chi connectivity index (χ0n) is 7.87. The highest BCUT2D eigenvalue weighted by atomic mass is 16.5. The summed E-state index contributed by atoms with van der Waals surface area (Å²) in [6.45, 7) is 1.55. The lowest BCUT2D eigenvalue weighted by Crippen LogP contribution is -2.54. The van der Waals surface area contributed by atoms with Gasteiger partial charge in [0.05, 0.1) is 0 Å². The smallest absolute Gasteiger partial charge is 0.190 e. The van der Waals surface area contributed by atoms with E-state index in [2.05, 4.69) is 0 Å². The van der Waals surface area contributed by atoms with Gasteiger partial charge in [0.2, 0.25) is 0 Å². The molecule has 4 nitrogen and oxygen atoms in total. The Morgan fingerprint density at radius 1 is 1.31 bits per heavy atom. The number of methoxy groups -OCH3 is 2. The van der Waals surface area contributed by atoms with Gasteiger partial charge in [0.15, 0.2) is 23.3 Å². The van der Waals surface area contributed by atoms with Gasteiger partial charge in [0.1, 0.15) is 0 Å². The summed E-state index contributed by atoms with van der Waals surface area (Å²) in [5.41, 5.74) is -1.18. The molecule has 1 rings (SSSR count). The first-order valence-corrected chi connectivity index (χ1v) is 3.90. The minimum absolute atomic E-state index is 0.244. The molecule has 0 spiro atoms. The predicted octanol–water partition coefficient (Wildman–Crippen LogP) is 0.115. The van der Waals surface area contributed by atoms with Crippen LogP contribution in [0.15, 0.2) is 12.2 Å². The van der Waals surface area contributed by atoms with Gasteiger partial charge in [-0.3, -0.25) is 9.59 Å². The Balaban J connectivity index is 3.09. The van der Waals surface area contributed by atoms with Crippen LogP contribution in [0.25, 0.3) is 0 Å². The molecular formula is C9H12O4. The first-order chi connectivity index (χ1) is 6.06. The van der Waals surface area contributed by atoms with Crippen molar-refractivity contribution in [3.63, 3.8) is 0 Å². The lowest BCUT2D eigenvalue weighted by molar-refractivity contribution is -0.161. The summed E-state index contributed by atoms with van der Waals surface area (Å²) in [5.74, 6) is -0.493. The Hall–Kier alpha value is -1.00. The van der Waals surface area contributed by atoms with E-state index in [1.165, 1.54) is 26.4 Å². The summed E-state index contributed by atoms with van der Waals surface area (Å²) in [5, 5.41) is 0. The average Bonchev–Trinajstić information content (AvgIpc) is 2.13. The third-order valence-electron chi connectivity index (χ3n) is 2.31. The normalized spacial score (nSPS) is 33.9. The summed E-state index contributed by atoms with van der Waals surface area (Å²) >= 11 is 0. The molecule has 0 radical (unpaired) electrons. The van der Waals surface area contributed by atoms with Crippen LogP contribution in [0.3, 0.4) is 0 Å². The zero-order valence-corrected chi connectivity index (χ0v) is 7.87. The molecule has 0 fully saturated rings. The Labute approximate surface area is 76.5 Å². The van der Waals surface area contributed by atoms with E-state index < -0.39 is 11.7 Å². The van der Waals surface area contributed by atoms with Crippen LogP contribution >= 0.6 is 0 Å². The molecule has 1 aliphatic rings. The van der Waals surface area contributed by atoms with Gasteiger partial charge in [-0.2, -0.15) is 0 Å². The highest BCUT2D eigenvalue weighted by Crippen LogP contribution is 2.24. The van der Waals surface area contributed by atoms with Crippen molar-refractivity contribution in [2.24, 2.45) is 0 Å². The third kappa shape index (κ3) is 1.43. The van der Waals surface area contributed by atoms with Crippen LogP contribution in [-0.2, 0) is 19.1 Å². The van der Waals surface area contributed by atoms with E-state index in [1.807, 2.05) is 0 Å². The van der Waals surface area contributed by atoms with Crippen molar-refractivity contribution in [2.75, 3.05) is 14.2 Å². The Kier molecular flexibility index (Phi) is 2.63. The van der Waals surface area contributed by atoms with Crippen LogP contribution in [0, 0.1) is 0 Å². The van der Waals surface area contributed by atoms with Gasteiger partial charge in [-0.05, 0) is 19.1 Å². The highest BCUT2D eigenvalue weighted by molar-refractivity contribution is 6.12. The Morgan fingerprint density at radius 3 is 2.31 bits per heavy atom. The van der Waals surface area contributed by atoms with E-state index in [0.29, 0.717) is 0 Å². The molecule has 2 unspecified atom stereocenters. The first kappa shape index (κ1) is 10.1. The molecule has 0 saturated heterocycles. The molecule has 1 aliphatic carbocycles. The quantitative estimate of drug-likeness (QED) is 0.611. The van der Waals surface area contributed by atoms with E-state index in [-0.39, 0.29) is 11.6 Å². The standard InChI is InChI=1S/C9H12O4/c1-9(13-3)7(11)5-4-6(10)8(9)12-2/h4-5,8H,1-3H3. The lowest BCUT2D eigenvalue weighted by Gasteiger charge is -2.33. The molecule has 13 heavy (non-hydrogen) atoms. The molecule has 0 aromatic heterocycles. The maximum Gasteiger partial charge on any atom is 0.190 e. The minimum atomic E-state index is -1.18. The van der Waals surface area contributed by atoms with Crippen LogP contribution in [-0.4, -0.2) is 37.5 Å². The SMILES string of the molecule is COC1C(=O)C=CC(=O)C1(C)OC. The Bertz CT molecular complexity index is 269. The summed E-state index contributed by atoms with van der Waals surface area (Å²) in [6.07, 6.45) is 1.61. The van der Waals surface area contributed by atoms with Crippen LogP contribution in [0.1, 0.15) is 6.92 Å². The highest BCUT2D eigenvalue weighted by Gasteiger charge is 2.46. The van der Waals surface area contributed by atoms with E-state index >= 15 is 0 Å². The second-order valence-corrected chi connectivity index (χ2v) is 3.03. The van der Waals surface area contributed by atoms with Gasteiger partial charge < -0.3 is 9.47 Å². The summed E-state index contributed by atoms with van der Waals surface area (Å²) in [6, 6.07) is 0. The van der Waals surface area contributed by atoms with Crippen LogP contribution in [0.5, 0.6) is 0 Å². The van der Waals surface area contributed by atoms with E-state index in [0.717, 1.165) is 0 Å². The van der Waals surface area contributed by atoms with Crippen molar-refractivity contribution in [3.05, 3.63) is 12.2 Å². The van der Waals surface area contributed by atoms with Gasteiger partial charge in [-0.15, -0.1) is 0 Å². The van der Waals surface area contributed by atoms with Crippen molar-refractivity contribution in [2.45, 2.75) is 18.6 Å². The predicted molar refractivity (Wildman–Crippen MR) is 45.4 cm³/mol. The van der Waals surface area contributed by atoms with E-state index in [4.69, 9.17) is 9.47 Å². The van der Waals surface area contributed by atoms with Gasteiger partial charge in [-0.1, -0.05) is 0 Å². The van der Waals surface area contributed by atoms with Crippen molar-refractivity contribution < 1.29 is 19.1 Å². The van der Waals surface area contributed by atoms with E-state index in [9.17, 15) is 9.59 Å². The molecule has 0 bridgehead atoms. The van der Waals surface area contributed by atoms with Crippen LogP contribution in [0.4, 0.5) is 0 Å². The van der Waals surface area contributed by atoms with Crippen LogP contribution in [0.2, 0.25) is 0 Å². The third-order valence-corrected chi connectivity index (χ3v) is 2.31. The van der Waals surface area contributed by atoms with Gasteiger partial charge in [0.25, 0.3) is 0 Å². The molecular weight excluding hydrogens is 172 g/mol. The molecule has 0 aliphatic heterocycles. The van der Waals surface area contributed by atoms with E-state index in [1.54, 1.807) is 6.92 Å². The fraction of sp³-hybridized carbons (Fsp3) is 0.556. The number of hydrogen-bond donors (Lipinski definition) is 0. The lowest BCUT2D eigenvalue weighted by atomic mass is 9.86. The number of ether oxygens (including phenoxy) is 2. The van der Waals surface area contributed by atoms with Crippen molar-refractivity contribution in [3.8, 4) is 0 Å². The molecule has 0 heterocycles. The summed E-state index contributed by atoms with van der Waals surface area (Å²) in [7, 11) is 2.77. The molecule has 4 heteroatoms. The zero-order chi connectivity index (χ0) is 10.1. The molecule has 0 aromatic rings.